The molecular formula is C29H26N4O. The summed E-state index contributed by atoms with van der Waals surface area (Å²) in [5.74, 6) is 0. The van der Waals surface area contributed by atoms with Crippen LogP contribution in [0, 0.1) is 0 Å². The molecule has 0 radical (unpaired) electrons. The Hall–Kier alpha value is -3.96. The van der Waals surface area contributed by atoms with Crippen LogP contribution >= 0.6 is 0 Å². The van der Waals surface area contributed by atoms with Gasteiger partial charge < -0.3 is 14.2 Å². The van der Waals surface area contributed by atoms with Crippen LogP contribution < -0.4 is 4.90 Å². The topological polar surface area (TPSA) is 43.2 Å². The number of hydrogen-bond donors (Lipinski definition) is 0. The SMILES string of the molecule is c1ccc(C(c2ccccc2)(c2ccccc2)n2ccc3c(N4CCOCC4)cnnc32)cc1. The van der Waals surface area contributed by atoms with Gasteiger partial charge in [-0.1, -0.05) is 91.0 Å². The van der Waals surface area contributed by atoms with E-state index in [2.05, 4.69) is 118 Å². The van der Waals surface area contributed by atoms with Crippen LogP contribution in [-0.2, 0) is 10.3 Å². The Kier molecular flexibility index (Phi) is 5.32. The van der Waals surface area contributed by atoms with Gasteiger partial charge in [0.2, 0.25) is 0 Å². The summed E-state index contributed by atoms with van der Waals surface area (Å²) in [7, 11) is 0. The van der Waals surface area contributed by atoms with Crippen molar-refractivity contribution in [3.05, 3.63) is 126 Å². The van der Waals surface area contributed by atoms with Gasteiger partial charge in [-0.3, -0.25) is 0 Å². The third-order valence-electron chi connectivity index (χ3n) is 6.76. The predicted octanol–water partition coefficient (Wildman–Crippen LogP) is 5.11. The average molecular weight is 447 g/mol. The summed E-state index contributed by atoms with van der Waals surface area (Å²) in [5.41, 5.74) is 4.87. The van der Waals surface area contributed by atoms with Crippen LogP contribution in [0.1, 0.15) is 16.7 Å². The second-order valence-corrected chi connectivity index (χ2v) is 8.56. The first-order valence-corrected chi connectivity index (χ1v) is 11.7. The van der Waals surface area contributed by atoms with Gasteiger partial charge >= 0.3 is 0 Å². The van der Waals surface area contributed by atoms with Crippen LogP contribution in [0.15, 0.2) is 109 Å². The molecule has 34 heavy (non-hydrogen) atoms. The van der Waals surface area contributed by atoms with Gasteiger partial charge in [-0.05, 0) is 22.8 Å². The Morgan fingerprint density at radius 3 is 1.74 bits per heavy atom. The van der Waals surface area contributed by atoms with Gasteiger partial charge in [-0.2, -0.15) is 5.10 Å². The quantitative estimate of drug-likeness (QED) is 0.352. The zero-order valence-corrected chi connectivity index (χ0v) is 18.9. The van der Waals surface area contributed by atoms with Gasteiger partial charge in [0.15, 0.2) is 5.65 Å². The lowest BCUT2D eigenvalue weighted by Crippen LogP contribution is -2.38. The van der Waals surface area contributed by atoms with E-state index in [0.717, 1.165) is 43.0 Å². The van der Waals surface area contributed by atoms with Crippen LogP contribution in [-0.4, -0.2) is 41.1 Å². The van der Waals surface area contributed by atoms with Gasteiger partial charge in [0.1, 0.15) is 5.54 Å². The molecule has 6 rings (SSSR count). The van der Waals surface area contributed by atoms with E-state index < -0.39 is 5.54 Å². The molecule has 0 saturated carbocycles. The number of morpholine rings is 1. The fourth-order valence-electron chi connectivity index (χ4n) is 5.22. The molecule has 1 aliphatic heterocycles. The Bertz CT molecular complexity index is 1280. The van der Waals surface area contributed by atoms with E-state index in [1.807, 2.05) is 6.20 Å². The lowest BCUT2D eigenvalue weighted by atomic mass is 9.76. The first-order valence-electron chi connectivity index (χ1n) is 11.7. The molecule has 3 aromatic carbocycles. The summed E-state index contributed by atoms with van der Waals surface area (Å²) in [6.45, 7) is 3.17. The van der Waals surface area contributed by atoms with Crippen molar-refractivity contribution in [2.45, 2.75) is 5.54 Å². The summed E-state index contributed by atoms with van der Waals surface area (Å²) in [5, 5.41) is 10.3. The van der Waals surface area contributed by atoms with Gasteiger partial charge in [0, 0.05) is 24.7 Å². The third-order valence-corrected chi connectivity index (χ3v) is 6.76. The maximum Gasteiger partial charge on any atom is 0.166 e. The van der Waals surface area contributed by atoms with Gasteiger partial charge in [-0.15, -0.1) is 5.10 Å². The van der Waals surface area contributed by atoms with Gasteiger partial charge in [0.25, 0.3) is 0 Å². The zero-order chi connectivity index (χ0) is 22.8. The maximum absolute atomic E-state index is 5.58. The van der Waals surface area contributed by atoms with E-state index in [9.17, 15) is 0 Å². The number of ether oxygens (including phenoxy) is 1. The smallest absolute Gasteiger partial charge is 0.166 e. The molecule has 168 valence electrons. The molecule has 5 heteroatoms. The largest absolute Gasteiger partial charge is 0.378 e. The van der Waals surface area contributed by atoms with Crippen LogP contribution in [0.25, 0.3) is 11.0 Å². The van der Waals surface area contributed by atoms with Crippen molar-refractivity contribution in [3.63, 3.8) is 0 Å². The van der Waals surface area contributed by atoms with E-state index in [0.29, 0.717) is 0 Å². The number of aromatic nitrogens is 3. The van der Waals surface area contributed by atoms with E-state index in [1.165, 1.54) is 16.7 Å². The molecule has 1 fully saturated rings. The summed E-state index contributed by atoms with van der Waals surface area (Å²) in [6.07, 6.45) is 4.05. The molecule has 0 bridgehead atoms. The number of fused-ring (bicyclic) bond motifs is 1. The van der Waals surface area contributed by atoms with Crippen LogP contribution in [0.4, 0.5) is 5.69 Å². The molecule has 3 heterocycles. The second kappa shape index (κ2) is 8.76. The van der Waals surface area contributed by atoms with Crippen molar-refractivity contribution in [2.75, 3.05) is 31.2 Å². The monoisotopic (exact) mass is 446 g/mol. The lowest BCUT2D eigenvalue weighted by Gasteiger charge is -2.38. The summed E-state index contributed by atoms with van der Waals surface area (Å²) >= 11 is 0. The molecule has 5 aromatic rings. The van der Waals surface area contributed by atoms with Crippen molar-refractivity contribution in [3.8, 4) is 0 Å². The molecule has 1 aliphatic rings. The van der Waals surface area contributed by atoms with Crippen molar-refractivity contribution in [1.82, 2.24) is 14.8 Å². The fourth-order valence-corrected chi connectivity index (χ4v) is 5.22. The fraction of sp³-hybridized carbons (Fsp3) is 0.172. The highest BCUT2D eigenvalue weighted by molar-refractivity contribution is 5.90. The van der Waals surface area contributed by atoms with Crippen molar-refractivity contribution < 1.29 is 4.74 Å². The van der Waals surface area contributed by atoms with Crippen molar-refractivity contribution in [1.29, 1.82) is 0 Å². The Morgan fingerprint density at radius 1 is 0.676 bits per heavy atom. The molecule has 5 nitrogen and oxygen atoms in total. The number of hydrogen-bond acceptors (Lipinski definition) is 4. The minimum Gasteiger partial charge on any atom is -0.378 e. The molecular weight excluding hydrogens is 420 g/mol. The minimum absolute atomic E-state index is 0.607. The lowest BCUT2D eigenvalue weighted by molar-refractivity contribution is 0.123. The number of benzene rings is 3. The minimum atomic E-state index is -0.607. The highest BCUT2D eigenvalue weighted by Gasteiger charge is 2.39. The summed E-state index contributed by atoms with van der Waals surface area (Å²) in [4.78, 5) is 2.35. The maximum atomic E-state index is 5.58. The summed E-state index contributed by atoms with van der Waals surface area (Å²) in [6, 6.07) is 34.2. The molecule has 1 saturated heterocycles. The van der Waals surface area contributed by atoms with E-state index in [-0.39, 0.29) is 0 Å². The van der Waals surface area contributed by atoms with E-state index >= 15 is 0 Å². The Morgan fingerprint density at radius 2 is 1.21 bits per heavy atom. The molecule has 0 N–H and O–H groups in total. The molecule has 0 atom stereocenters. The Balaban J connectivity index is 1.68. The van der Waals surface area contributed by atoms with E-state index in [4.69, 9.17) is 9.84 Å². The highest BCUT2D eigenvalue weighted by Crippen LogP contribution is 2.43. The molecule has 0 spiro atoms. The van der Waals surface area contributed by atoms with Crippen molar-refractivity contribution in [2.24, 2.45) is 0 Å². The number of rotatable bonds is 5. The predicted molar refractivity (Wildman–Crippen MR) is 135 cm³/mol. The van der Waals surface area contributed by atoms with Gasteiger partial charge in [-0.25, -0.2) is 0 Å². The Labute approximate surface area is 199 Å². The standard InChI is InChI=1S/C29H26N4O/c1-4-10-23(11-5-1)29(24-12-6-2-7-13-24,25-14-8-3-9-15-25)33-17-16-26-27(22-30-31-28(26)33)32-18-20-34-21-19-32/h1-17,22H,18-21H2. The first-order chi connectivity index (χ1) is 16.9. The van der Waals surface area contributed by atoms with Crippen LogP contribution in [0.3, 0.4) is 0 Å². The number of nitrogens with zero attached hydrogens (tertiary/aromatic N) is 4. The third kappa shape index (κ3) is 3.28. The molecule has 0 unspecified atom stereocenters. The zero-order valence-electron chi connectivity index (χ0n) is 18.9. The molecule has 0 aliphatic carbocycles. The first kappa shape index (κ1) is 20.6. The average Bonchev–Trinajstić information content (AvgIpc) is 3.36. The second-order valence-electron chi connectivity index (χ2n) is 8.56. The number of anilines is 1. The van der Waals surface area contributed by atoms with Crippen LogP contribution in [0.5, 0.6) is 0 Å². The highest BCUT2D eigenvalue weighted by atomic mass is 16.5. The van der Waals surface area contributed by atoms with Crippen LogP contribution in [0.2, 0.25) is 0 Å². The van der Waals surface area contributed by atoms with E-state index in [1.54, 1.807) is 0 Å². The van der Waals surface area contributed by atoms with Gasteiger partial charge in [0.05, 0.1) is 25.1 Å². The summed E-state index contributed by atoms with van der Waals surface area (Å²) < 4.78 is 7.87. The molecule has 2 aromatic heterocycles. The van der Waals surface area contributed by atoms with Crippen molar-refractivity contribution >= 4 is 16.7 Å². The normalized spacial score (nSPS) is 14.4. The molecule has 0 amide bonds.